The quantitative estimate of drug-likeness (QED) is 0.794. The van der Waals surface area contributed by atoms with Gasteiger partial charge in [0.15, 0.2) is 0 Å². The van der Waals surface area contributed by atoms with E-state index < -0.39 is 17.8 Å². The second-order valence-corrected chi connectivity index (χ2v) is 4.34. The summed E-state index contributed by atoms with van der Waals surface area (Å²) in [4.78, 5) is 23.0. The fourth-order valence-electron chi connectivity index (χ4n) is 2.09. The Hall–Kier alpha value is -2.04. The number of aliphatic carboxylic acids is 1. The number of amides is 1. The average Bonchev–Trinajstić information content (AvgIpc) is 2.89. The highest BCUT2D eigenvalue weighted by Gasteiger charge is 2.33. The van der Waals surface area contributed by atoms with Gasteiger partial charge in [-0.05, 0) is 18.9 Å². The largest absolute Gasteiger partial charge is 0.481 e. The number of carbonyl (C=O) groups is 2. The maximum atomic E-state index is 12.0. The zero-order valence-corrected chi connectivity index (χ0v) is 9.83. The topological polar surface area (TPSA) is 79.5 Å². The minimum Gasteiger partial charge on any atom is -0.481 e. The van der Waals surface area contributed by atoms with Crippen molar-refractivity contribution < 1.29 is 19.1 Å². The van der Waals surface area contributed by atoms with Gasteiger partial charge in [-0.2, -0.15) is 0 Å². The summed E-state index contributed by atoms with van der Waals surface area (Å²) in [5, 5.41) is 11.8. The van der Waals surface area contributed by atoms with Crippen LogP contribution in [0.2, 0.25) is 0 Å². The fourth-order valence-corrected chi connectivity index (χ4v) is 2.09. The van der Waals surface area contributed by atoms with Crippen LogP contribution in [0.15, 0.2) is 35.2 Å². The zero-order chi connectivity index (χ0) is 13.0. The molecule has 5 heteroatoms. The maximum Gasteiger partial charge on any atom is 0.307 e. The second-order valence-electron chi connectivity index (χ2n) is 4.34. The van der Waals surface area contributed by atoms with Gasteiger partial charge in [-0.15, -0.1) is 0 Å². The molecule has 0 spiro atoms. The van der Waals surface area contributed by atoms with Gasteiger partial charge < -0.3 is 14.8 Å². The highest BCUT2D eigenvalue weighted by atomic mass is 16.4. The summed E-state index contributed by atoms with van der Waals surface area (Å²) in [7, 11) is 0. The molecule has 2 rings (SSSR count). The number of rotatable bonds is 4. The Balaban J connectivity index is 1.94. The van der Waals surface area contributed by atoms with Crippen molar-refractivity contribution in [3.8, 4) is 0 Å². The first-order chi connectivity index (χ1) is 8.68. The molecule has 1 aliphatic carbocycles. The van der Waals surface area contributed by atoms with Gasteiger partial charge >= 0.3 is 5.97 Å². The number of carbonyl (C=O) groups excluding carboxylic acids is 1. The monoisotopic (exact) mass is 249 g/mol. The summed E-state index contributed by atoms with van der Waals surface area (Å²) in [6.45, 7) is 0.363. The second kappa shape index (κ2) is 5.53. The van der Waals surface area contributed by atoms with Gasteiger partial charge in [0.2, 0.25) is 5.91 Å². The van der Waals surface area contributed by atoms with E-state index in [0.717, 1.165) is 5.56 Å². The molecule has 5 nitrogen and oxygen atoms in total. The molecule has 0 fully saturated rings. The lowest BCUT2D eigenvalue weighted by atomic mass is 9.82. The molecule has 1 amide bonds. The number of nitrogens with one attached hydrogen (secondary N) is 1. The van der Waals surface area contributed by atoms with Crippen LogP contribution in [0.4, 0.5) is 0 Å². The Morgan fingerprint density at radius 1 is 1.33 bits per heavy atom. The van der Waals surface area contributed by atoms with Crippen molar-refractivity contribution in [3.63, 3.8) is 0 Å². The van der Waals surface area contributed by atoms with Crippen molar-refractivity contribution in [2.24, 2.45) is 11.8 Å². The van der Waals surface area contributed by atoms with Crippen LogP contribution < -0.4 is 5.32 Å². The standard InChI is InChI=1S/C13H15NO4/c15-12(14-7-9-5-6-18-8-9)10-3-1-2-4-11(10)13(16)17/h1-2,5-6,8,10-11H,3-4,7H2,(H,14,15)(H,16,17)/t10-,11+/m1/s1. The minimum atomic E-state index is -0.914. The molecule has 1 heterocycles. The van der Waals surface area contributed by atoms with Gasteiger partial charge in [0.1, 0.15) is 0 Å². The Bertz CT molecular complexity index is 450. The van der Waals surface area contributed by atoms with E-state index in [1.807, 2.05) is 12.2 Å². The van der Waals surface area contributed by atoms with Crippen LogP contribution >= 0.6 is 0 Å². The summed E-state index contributed by atoms with van der Waals surface area (Å²) < 4.78 is 4.90. The SMILES string of the molecule is O=C(O)[C@H]1CC=CC[C@H]1C(=O)NCc1ccoc1. The molecular formula is C13H15NO4. The van der Waals surface area contributed by atoms with Crippen molar-refractivity contribution in [2.75, 3.05) is 0 Å². The normalized spacial score (nSPS) is 22.7. The van der Waals surface area contributed by atoms with E-state index in [1.165, 1.54) is 6.26 Å². The van der Waals surface area contributed by atoms with Crippen LogP contribution in [0.25, 0.3) is 0 Å². The summed E-state index contributed by atoms with van der Waals surface area (Å²) in [5.74, 6) is -2.24. The van der Waals surface area contributed by atoms with E-state index in [9.17, 15) is 9.59 Å². The Labute approximate surface area is 104 Å². The van der Waals surface area contributed by atoms with Crippen molar-refractivity contribution >= 4 is 11.9 Å². The van der Waals surface area contributed by atoms with Gasteiger partial charge in [-0.3, -0.25) is 9.59 Å². The number of hydrogen-bond donors (Lipinski definition) is 2. The number of furan rings is 1. The zero-order valence-electron chi connectivity index (χ0n) is 9.83. The molecule has 0 aliphatic heterocycles. The van der Waals surface area contributed by atoms with E-state index in [1.54, 1.807) is 12.3 Å². The molecule has 0 saturated heterocycles. The average molecular weight is 249 g/mol. The number of carboxylic acids is 1. The van der Waals surface area contributed by atoms with E-state index in [4.69, 9.17) is 9.52 Å². The van der Waals surface area contributed by atoms with Crippen molar-refractivity contribution in [2.45, 2.75) is 19.4 Å². The Morgan fingerprint density at radius 3 is 2.67 bits per heavy atom. The molecule has 0 unspecified atom stereocenters. The third kappa shape index (κ3) is 2.80. The van der Waals surface area contributed by atoms with E-state index in [2.05, 4.69) is 5.32 Å². The van der Waals surface area contributed by atoms with Crippen LogP contribution in [-0.4, -0.2) is 17.0 Å². The van der Waals surface area contributed by atoms with E-state index >= 15 is 0 Å². The molecule has 2 N–H and O–H groups in total. The molecule has 0 radical (unpaired) electrons. The molecule has 1 aliphatic rings. The summed E-state index contributed by atoms with van der Waals surface area (Å²) in [6.07, 6.45) is 7.66. The van der Waals surface area contributed by atoms with Crippen LogP contribution in [0.3, 0.4) is 0 Å². The summed E-state index contributed by atoms with van der Waals surface area (Å²) in [6, 6.07) is 1.76. The summed E-state index contributed by atoms with van der Waals surface area (Å²) >= 11 is 0. The molecular weight excluding hydrogens is 234 g/mol. The lowest BCUT2D eigenvalue weighted by Gasteiger charge is -2.24. The summed E-state index contributed by atoms with van der Waals surface area (Å²) in [5.41, 5.74) is 0.863. The van der Waals surface area contributed by atoms with E-state index in [-0.39, 0.29) is 5.91 Å². The van der Waals surface area contributed by atoms with Gasteiger partial charge in [0, 0.05) is 12.1 Å². The molecule has 18 heavy (non-hydrogen) atoms. The van der Waals surface area contributed by atoms with Crippen LogP contribution in [0.1, 0.15) is 18.4 Å². The highest BCUT2D eigenvalue weighted by molar-refractivity contribution is 5.85. The van der Waals surface area contributed by atoms with E-state index in [0.29, 0.717) is 19.4 Å². The Morgan fingerprint density at radius 2 is 2.06 bits per heavy atom. The Kier molecular flexibility index (Phi) is 3.82. The first-order valence-electron chi connectivity index (χ1n) is 5.85. The molecule has 1 aromatic rings. The molecule has 0 aromatic carbocycles. The third-order valence-corrected chi connectivity index (χ3v) is 3.13. The predicted molar refractivity (Wildman–Crippen MR) is 63.5 cm³/mol. The molecule has 1 aromatic heterocycles. The van der Waals surface area contributed by atoms with Gasteiger partial charge in [-0.25, -0.2) is 0 Å². The number of carboxylic acid groups (broad SMARTS) is 1. The smallest absolute Gasteiger partial charge is 0.307 e. The first-order valence-corrected chi connectivity index (χ1v) is 5.85. The third-order valence-electron chi connectivity index (χ3n) is 3.13. The first kappa shape index (κ1) is 12.4. The lowest BCUT2D eigenvalue weighted by molar-refractivity contribution is -0.147. The van der Waals surface area contributed by atoms with Crippen LogP contribution in [0.5, 0.6) is 0 Å². The highest BCUT2D eigenvalue weighted by Crippen LogP contribution is 2.26. The molecule has 0 bridgehead atoms. The van der Waals surface area contributed by atoms with Crippen molar-refractivity contribution in [1.29, 1.82) is 0 Å². The lowest BCUT2D eigenvalue weighted by Crippen LogP contribution is -2.38. The van der Waals surface area contributed by atoms with Gasteiger partial charge in [0.25, 0.3) is 0 Å². The van der Waals surface area contributed by atoms with Gasteiger partial charge in [0.05, 0.1) is 24.4 Å². The predicted octanol–water partition coefficient (Wildman–Crippen LogP) is 1.56. The number of allylic oxidation sites excluding steroid dienone is 2. The minimum absolute atomic E-state index is 0.215. The molecule has 0 saturated carbocycles. The molecule has 2 atom stereocenters. The van der Waals surface area contributed by atoms with Crippen molar-refractivity contribution in [1.82, 2.24) is 5.32 Å². The maximum absolute atomic E-state index is 12.0. The van der Waals surface area contributed by atoms with Crippen LogP contribution in [-0.2, 0) is 16.1 Å². The fraction of sp³-hybridized carbons (Fsp3) is 0.385. The number of hydrogen-bond acceptors (Lipinski definition) is 3. The van der Waals surface area contributed by atoms with Crippen molar-refractivity contribution in [3.05, 3.63) is 36.3 Å². The van der Waals surface area contributed by atoms with Crippen LogP contribution in [0, 0.1) is 11.8 Å². The molecule has 96 valence electrons. The van der Waals surface area contributed by atoms with Gasteiger partial charge in [-0.1, -0.05) is 12.2 Å².